The highest BCUT2D eigenvalue weighted by atomic mass is 35.5. The van der Waals surface area contributed by atoms with Gasteiger partial charge in [-0.2, -0.15) is 13.9 Å². The normalized spacial score (nSPS) is 19.4. The zero-order valence-corrected chi connectivity index (χ0v) is 23.8. The summed E-state index contributed by atoms with van der Waals surface area (Å²) in [4.78, 5) is 32.2. The maximum atomic E-state index is 15.7. The van der Waals surface area contributed by atoms with Gasteiger partial charge in [0.05, 0.1) is 30.7 Å². The Labute approximate surface area is 245 Å². The van der Waals surface area contributed by atoms with Crippen molar-refractivity contribution < 1.29 is 22.7 Å². The molecule has 42 heavy (non-hydrogen) atoms. The van der Waals surface area contributed by atoms with Crippen LogP contribution in [0.4, 0.5) is 13.2 Å². The zero-order chi connectivity index (χ0) is 30.0. The monoisotopic (exact) mass is 599 g/mol. The minimum atomic E-state index is -2.72. The van der Waals surface area contributed by atoms with Crippen LogP contribution in [0.25, 0.3) is 6.20 Å². The van der Waals surface area contributed by atoms with Crippen molar-refractivity contribution in [1.82, 2.24) is 19.2 Å². The molecule has 1 aliphatic carbocycles. The topological polar surface area (TPSA) is 81.7 Å². The lowest BCUT2D eigenvalue weighted by Crippen LogP contribution is -2.41. The Morgan fingerprint density at radius 1 is 1.21 bits per heavy atom. The molecule has 0 radical (unpaired) electrons. The molecule has 0 bridgehead atoms. The molecule has 3 aromatic rings. The Morgan fingerprint density at radius 3 is 2.64 bits per heavy atom. The predicted molar refractivity (Wildman–Crippen MR) is 154 cm³/mol. The second kappa shape index (κ2) is 12.5. The van der Waals surface area contributed by atoms with E-state index < -0.39 is 23.8 Å². The van der Waals surface area contributed by atoms with Crippen LogP contribution in [0.1, 0.15) is 64.5 Å². The van der Waals surface area contributed by atoms with Gasteiger partial charge >= 0.3 is 6.55 Å². The number of carbonyl (C=O) groups is 1. The number of alkyl halides is 2. The number of aromatic nitrogens is 3. The number of nitrogens with zero attached hydrogens (tertiary/aromatic N) is 5. The third-order valence-corrected chi connectivity index (χ3v) is 7.77. The molecule has 12 heteroatoms. The number of hydrogen-bond acceptors (Lipinski definition) is 5. The molecule has 2 aromatic heterocycles. The fourth-order valence-electron chi connectivity index (χ4n) is 5.09. The molecule has 1 saturated carbocycles. The number of carbonyl (C=O) groups excluding carboxylic acids is 1. The smallest absolute Gasteiger partial charge is 0.333 e. The van der Waals surface area contributed by atoms with Gasteiger partial charge in [0.15, 0.2) is 0 Å². The first-order chi connectivity index (χ1) is 20.2. The number of ether oxygens (including phenoxy) is 1. The van der Waals surface area contributed by atoms with Crippen molar-refractivity contribution in [1.29, 1.82) is 0 Å². The molecule has 2 fully saturated rings. The van der Waals surface area contributed by atoms with Gasteiger partial charge in [0.1, 0.15) is 10.8 Å². The molecule has 1 saturated heterocycles. The lowest BCUT2D eigenvalue weighted by Gasteiger charge is -2.27. The van der Waals surface area contributed by atoms with E-state index in [4.69, 9.17) is 16.3 Å². The number of allylic oxidation sites excluding steroid dienone is 2. The lowest BCUT2D eigenvalue weighted by atomic mass is 10.0. The van der Waals surface area contributed by atoms with Crippen LogP contribution in [-0.2, 0) is 4.74 Å². The molecule has 1 aromatic carbocycles. The number of aryl methyl sites for hydroxylation is 1. The Bertz CT molecular complexity index is 1640. The fraction of sp³-hybridized carbons (Fsp3) is 0.333. The number of aliphatic imine (C=N–C) groups is 1. The number of morpholine rings is 1. The maximum absolute atomic E-state index is 15.7. The third kappa shape index (κ3) is 5.98. The lowest BCUT2D eigenvalue weighted by molar-refractivity contribution is 0.0300. The summed E-state index contributed by atoms with van der Waals surface area (Å²) in [6.45, 7) is 2.32. The average Bonchev–Trinajstić information content (AvgIpc) is 3.62. The van der Waals surface area contributed by atoms with E-state index in [1.807, 2.05) is 0 Å². The van der Waals surface area contributed by atoms with Gasteiger partial charge in [-0.15, -0.1) is 0 Å². The van der Waals surface area contributed by atoms with Crippen LogP contribution in [-0.4, -0.2) is 57.2 Å². The first-order valence-electron chi connectivity index (χ1n) is 13.5. The maximum Gasteiger partial charge on any atom is 0.333 e. The summed E-state index contributed by atoms with van der Waals surface area (Å²) in [6, 6.07) is 6.34. The number of hydrogen-bond donors (Lipinski definition) is 0. The van der Waals surface area contributed by atoms with Crippen molar-refractivity contribution in [3.05, 3.63) is 104 Å². The molecule has 2 unspecified atom stereocenters. The summed E-state index contributed by atoms with van der Waals surface area (Å²) in [5.74, 6) is -1.30. The van der Waals surface area contributed by atoms with Crippen LogP contribution in [0.15, 0.2) is 64.8 Å². The van der Waals surface area contributed by atoms with Crippen molar-refractivity contribution in [3.63, 3.8) is 0 Å². The van der Waals surface area contributed by atoms with Gasteiger partial charge in [-0.1, -0.05) is 23.7 Å². The van der Waals surface area contributed by atoms with Crippen LogP contribution >= 0.6 is 11.6 Å². The molecular weight excluding hydrogens is 571 g/mol. The van der Waals surface area contributed by atoms with Crippen molar-refractivity contribution >= 4 is 29.4 Å². The van der Waals surface area contributed by atoms with Gasteiger partial charge < -0.3 is 9.64 Å². The van der Waals surface area contributed by atoms with E-state index in [-0.39, 0.29) is 33.7 Å². The third-order valence-electron chi connectivity index (χ3n) is 7.39. The molecule has 8 nitrogen and oxygen atoms in total. The molecule has 1 aliphatic heterocycles. The number of benzene rings is 1. The van der Waals surface area contributed by atoms with Crippen LogP contribution in [0.3, 0.4) is 0 Å². The molecule has 0 N–H and O–H groups in total. The Morgan fingerprint density at radius 2 is 1.95 bits per heavy atom. The number of pyridine rings is 1. The summed E-state index contributed by atoms with van der Waals surface area (Å²) >= 11 is 6.52. The van der Waals surface area contributed by atoms with Crippen molar-refractivity contribution in [2.24, 2.45) is 4.99 Å². The van der Waals surface area contributed by atoms with Crippen molar-refractivity contribution in [2.75, 3.05) is 26.3 Å². The Kier molecular flexibility index (Phi) is 8.79. The quantitative estimate of drug-likeness (QED) is 0.308. The van der Waals surface area contributed by atoms with Crippen molar-refractivity contribution in [3.8, 4) is 0 Å². The molecule has 2 atom stereocenters. The Hall–Kier alpha value is -3.96. The van der Waals surface area contributed by atoms with E-state index in [1.165, 1.54) is 47.6 Å². The van der Waals surface area contributed by atoms with Gasteiger partial charge in [-0.3, -0.25) is 19.1 Å². The predicted octanol–water partition coefficient (Wildman–Crippen LogP) is 5.78. The summed E-state index contributed by atoms with van der Waals surface area (Å²) in [6.07, 6.45) is 9.50. The van der Waals surface area contributed by atoms with E-state index in [1.54, 1.807) is 37.0 Å². The highest BCUT2D eigenvalue weighted by molar-refractivity contribution is 6.31. The van der Waals surface area contributed by atoms with E-state index >= 15 is 4.39 Å². The highest BCUT2D eigenvalue weighted by Gasteiger charge is 2.42. The molecule has 2 aliphatic rings. The first-order valence-corrected chi connectivity index (χ1v) is 13.9. The summed E-state index contributed by atoms with van der Waals surface area (Å²) < 4.78 is 48.8. The number of rotatable bonds is 8. The highest BCUT2D eigenvalue weighted by Crippen LogP contribution is 2.55. The summed E-state index contributed by atoms with van der Waals surface area (Å²) in [7, 11) is 0. The molecule has 3 heterocycles. The second-order valence-corrected chi connectivity index (χ2v) is 10.5. The Balaban J connectivity index is 1.42. The molecule has 5 rings (SSSR count). The number of halogens is 4. The fourth-order valence-corrected chi connectivity index (χ4v) is 5.38. The van der Waals surface area contributed by atoms with Crippen LogP contribution < -0.4 is 5.56 Å². The second-order valence-electron chi connectivity index (χ2n) is 10.1. The first kappa shape index (κ1) is 29.5. The van der Waals surface area contributed by atoms with Gasteiger partial charge in [0.25, 0.3) is 11.5 Å². The zero-order valence-electron chi connectivity index (χ0n) is 23.0. The van der Waals surface area contributed by atoms with Gasteiger partial charge in [-0.05, 0) is 67.5 Å². The molecule has 220 valence electrons. The molecular formula is C30H29ClF3N5O3. The van der Waals surface area contributed by atoms with E-state index in [0.29, 0.717) is 54.2 Å². The van der Waals surface area contributed by atoms with Gasteiger partial charge in [0.2, 0.25) is 0 Å². The minimum absolute atomic E-state index is 0.0234. The van der Waals surface area contributed by atoms with Gasteiger partial charge in [0, 0.05) is 42.9 Å². The van der Waals surface area contributed by atoms with Crippen LogP contribution in [0.2, 0.25) is 5.02 Å². The van der Waals surface area contributed by atoms with Crippen LogP contribution in [0, 0.1) is 12.7 Å². The summed E-state index contributed by atoms with van der Waals surface area (Å²) in [5, 5.41) is 3.72. The van der Waals surface area contributed by atoms with Crippen LogP contribution in [0.5, 0.6) is 0 Å². The van der Waals surface area contributed by atoms with Crippen molar-refractivity contribution in [2.45, 2.75) is 38.7 Å². The van der Waals surface area contributed by atoms with E-state index in [0.717, 1.165) is 0 Å². The standard InChI is InChI=1S/C30H29ClF3N5O3/c1-3-8-35-25(20-5-4-6-21(27(20)32)28(40)37-10-12-42-13-11-37)7-9-38-18(2)14-24(26(31)29(38)41)23-15-22(23)19-16-36-39(17-19)30(33)34/h3-9,14,16-17,22-23,30H,10-13,15H2,1-2H3/b8-3+,9-7+,35-25-. The summed E-state index contributed by atoms with van der Waals surface area (Å²) in [5.41, 5.74) is 1.63. The minimum Gasteiger partial charge on any atom is -0.378 e. The van der Waals surface area contributed by atoms with Gasteiger partial charge in [-0.25, -0.2) is 9.07 Å². The molecule has 1 amide bonds. The molecule has 0 spiro atoms. The average molecular weight is 600 g/mol. The SMILES string of the molecule is C/C=C/N=C(/C=C/n1c(C)cc(C2CC2c2cnn(C(F)F)c2)c(Cl)c1=O)c1cccc(C(=O)N2CCOCC2)c1F. The largest absolute Gasteiger partial charge is 0.378 e. The number of amides is 1. The van der Waals surface area contributed by atoms with E-state index in [9.17, 15) is 18.4 Å². The van der Waals surface area contributed by atoms with E-state index in [2.05, 4.69) is 10.1 Å².